The molecule has 0 fully saturated rings. The van der Waals surface area contributed by atoms with Crippen molar-refractivity contribution in [2.45, 2.75) is 4.90 Å². The van der Waals surface area contributed by atoms with E-state index in [4.69, 9.17) is 14.2 Å². The SMILES string of the molecule is COc1ccccc1NC(=O)CN(c1cccc(F)c1)S(=O)(=O)c1ccc2c(c1)OCCO2. The largest absolute Gasteiger partial charge is 0.495 e. The van der Waals surface area contributed by atoms with Gasteiger partial charge in [0, 0.05) is 6.07 Å². The number of para-hydroxylation sites is 2. The highest BCUT2D eigenvalue weighted by Crippen LogP contribution is 2.34. The second-order valence-electron chi connectivity index (χ2n) is 7.05. The van der Waals surface area contributed by atoms with Crippen molar-refractivity contribution in [2.24, 2.45) is 0 Å². The summed E-state index contributed by atoms with van der Waals surface area (Å²) < 4.78 is 58.0. The van der Waals surface area contributed by atoms with Crippen molar-refractivity contribution in [3.05, 3.63) is 72.5 Å². The topological polar surface area (TPSA) is 94.2 Å². The van der Waals surface area contributed by atoms with Crippen LogP contribution >= 0.6 is 0 Å². The minimum absolute atomic E-state index is 0.0000609. The van der Waals surface area contributed by atoms with Crippen LogP contribution in [-0.2, 0) is 14.8 Å². The lowest BCUT2D eigenvalue weighted by atomic mass is 10.3. The van der Waals surface area contributed by atoms with Crippen LogP contribution in [0, 0.1) is 5.82 Å². The summed E-state index contributed by atoms with van der Waals surface area (Å²) in [6, 6.07) is 15.9. The second-order valence-corrected chi connectivity index (χ2v) is 8.91. The highest BCUT2D eigenvalue weighted by atomic mass is 32.2. The zero-order valence-electron chi connectivity index (χ0n) is 17.7. The molecule has 8 nitrogen and oxygen atoms in total. The Balaban J connectivity index is 1.68. The molecule has 0 saturated carbocycles. The molecule has 0 radical (unpaired) electrons. The number of rotatable bonds is 7. The van der Waals surface area contributed by atoms with Gasteiger partial charge in [0.1, 0.15) is 31.3 Å². The van der Waals surface area contributed by atoms with Gasteiger partial charge in [-0.3, -0.25) is 9.10 Å². The van der Waals surface area contributed by atoms with Gasteiger partial charge in [0.05, 0.1) is 23.4 Å². The minimum Gasteiger partial charge on any atom is -0.495 e. The van der Waals surface area contributed by atoms with E-state index in [-0.39, 0.29) is 22.9 Å². The smallest absolute Gasteiger partial charge is 0.264 e. The summed E-state index contributed by atoms with van der Waals surface area (Å²) in [4.78, 5) is 12.7. The van der Waals surface area contributed by atoms with Crippen LogP contribution in [0.3, 0.4) is 0 Å². The maximum absolute atomic E-state index is 14.0. The molecule has 0 unspecified atom stereocenters. The molecule has 172 valence electrons. The first kappa shape index (κ1) is 22.4. The van der Waals surface area contributed by atoms with Gasteiger partial charge in [-0.05, 0) is 42.5 Å². The first-order valence-corrected chi connectivity index (χ1v) is 11.4. The van der Waals surface area contributed by atoms with Crippen LogP contribution in [0.15, 0.2) is 71.6 Å². The Bertz CT molecular complexity index is 1280. The van der Waals surface area contributed by atoms with Gasteiger partial charge in [-0.1, -0.05) is 18.2 Å². The number of sulfonamides is 1. The number of carbonyl (C=O) groups is 1. The van der Waals surface area contributed by atoms with E-state index in [2.05, 4.69) is 5.32 Å². The number of methoxy groups -OCH3 is 1. The predicted molar refractivity (Wildman–Crippen MR) is 120 cm³/mol. The van der Waals surface area contributed by atoms with E-state index in [9.17, 15) is 17.6 Å². The predicted octanol–water partition coefficient (Wildman–Crippen LogP) is 3.44. The van der Waals surface area contributed by atoms with Crippen LogP contribution in [0.25, 0.3) is 0 Å². The molecule has 0 aromatic heterocycles. The average molecular weight is 472 g/mol. The van der Waals surface area contributed by atoms with Crippen LogP contribution in [0.1, 0.15) is 0 Å². The van der Waals surface area contributed by atoms with Gasteiger partial charge < -0.3 is 19.5 Å². The quantitative estimate of drug-likeness (QED) is 0.566. The zero-order valence-corrected chi connectivity index (χ0v) is 18.5. The van der Waals surface area contributed by atoms with Crippen LogP contribution in [0.5, 0.6) is 17.2 Å². The summed E-state index contributed by atoms with van der Waals surface area (Å²) in [6.45, 7) is 0.0430. The first-order valence-electron chi connectivity index (χ1n) is 9.99. The Morgan fingerprint density at radius 1 is 1.03 bits per heavy atom. The Morgan fingerprint density at radius 2 is 1.79 bits per heavy atom. The van der Waals surface area contributed by atoms with E-state index in [0.29, 0.717) is 23.8 Å². The fourth-order valence-corrected chi connectivity index (χ4v) is 4.75. The molecule has 1 aliphatic heterocycles. The lowest BCUT2D eigenvalue weighted by Crippen LogP contribution is -2.38. The number of ether oxygens (including phenoxy) is 3. The standard InChI is InChI=1S/C23H21FN2O6S/c1-30-20-8-3-2-7-19(20)25-23(27)15-26(17-6-4-5-16(24)13-17)33(28,29)18-9-10-21-22(14-18)32-12-11-31-21/h2-10,13-14H,11-12,15H2,1H3,(H,25,27). The van der Waals surface area contributed by atoms with Crippen LogP contribution in [0.2, 0.25) is 0 Å². The maximum Gasteiger partial charge on any atom is 0.264 e. The molecule has 0 atom stereocenters. The molecular formula is C23H21FN2O6S. The number of nitrogens with one attached hydrogen (secondary N) is 1. The third-order valence-electron chi connectivity index (χ3n) is 4.87. The maximum atomic E-state index is 14.0. The number of nitrogens with zero attached hydrogens (tertiary/aromatic N) is 1. The number of benzene rings is 3. The molecule has 1 amide bonds. The Hall–Kier alpha value is -3.79. The van der Waals surface area contributed by atoms with Gasteiger partial charge in [-0.25, -0.2) is 12.8 Å². The number of fused-ring (bicyclic) bond motifs is 1. The highest BCUT2D eigenvalue weighted by Gasteiger charge is 2.29. The Morgan fingerprint density at radius 3 is 2.55 bits per heavy atom. The zero-order chi connectivity index (χ0) is 23.4. The number of anilines is 2. The molecule has 0 saturated heterocycles. The molecule has 3 aromatic carbocycles. The third-order valence-corrected chi connectivity index (χ3v) is 6.64. The number of hydrogen-bond acceptors (Lipinski definition) is 6. The van der Waals surface area contributed by atoms with Crippen LogP contribution < -0.4 is 23.8 Å². The minimum atomic E-state index is -4.27. The van der Waals surface area contributed by atoms with Crippen molar-refractivity contribution in [2.75, 3.05) is 36.5 Å². The fraction of sp³-hybridized carbons (Fsp3) is 0.174. The number of carbonyl (C=O) groups excluding carboxylic acids is 1. The van der Waals surface area contributed by atoms with E-state index in [1.54, 1.807) is 24.3 Å². The summed E-state index contributed by atoms with van der Waals surface area (Å²) in [7, 11) is -2.81. The van der Waals surface area contributed by atoms with Crippen molar-refractivity contribution in [3.63, 3.8) is 0 Å². The number of hydrogen-bond donors (Lipinski definition) is 1. The van der Waals surface area contributed by atoms with E-state index in [1.165, 1.54) is 43.5 Å². The molecule has 33 heavy (non-hydrogen) atoms. The summed E-state index contributed by atoms with van der Waals surface area (Å²) >= 11 is 0. The second kappa shape index (κ2) is 9.37. The van der Waals surface area contributed by atoms with Crippen molar-refractivity contribution >= 4 is 27.3 Å². The Kier molecular flexibility index (Phi) is 6.36. The van der Waals surface area contributed by atoms with Crippen LogP contribution in [0.4, 0.5) is 15.8 Å². The highest BCUT2D eigenvalue weighted by molar-refractivity contribution is 7.92. The van der Waals surface area contributed by atoms with Gasteiger partial charge in [0.15, 0.2) is 11.5 Å². The number of amides is 1. The molecule has 4 rings (SSSR count). The summed E-state index contributed by atoms with van der Waals surface area (Å²) in [5, 5.41) is 2.64. The molecule has 1 N–H and O–H groups in total. The monoisotopic (exact) mass is 472 g/mol. The van der Waals surface area contributed by atoms with Crippen molar-refractivity contribution in [3.8, 4) is 17.2 Å². The molecule has 10 heteroatoms. The van der Waals surface area contributed by atoms with E-state index < -0.39 is 28.3 Å². The lowest BCUT2D eigenvalue weighted by Gasteiger charge is -2.25. The molecule has 0 spiro atoms. The van der Waals surface area contributed by atoms with Crippen molar-refractivity contribution in [1.29, 1.82) is 0 Å². The fourth-order valence-electron chi connectivity index (χ4n) is 3.33. The molecule has 0 bridgehead atoms. The normalized spacial score (nSPS) is 12.7. The van der Waals surface area contributed by atoms with E-state index in [0.717, 1.165) is 10.4 Å². The molecule has 0 aliphatic carbocycles. The molecule has 1 aliphatic rings. The van der Waals surface area contributed by atoms with E-state index >= 15 is 0 Å². The third kappa shape index (κ3) is 4.85. The summed E-state index contributed by atoms with van der Waals surface area (Å²) in [5.74, 6) is -0.158. The molecule has 3 aromatic rings. The molecular weight excluding hydrogens is 451 g/mol. The van der Waals surface area contributed by atoms with E-state index in [1.807, 2.05) is 0 Å². The Labute approximate surface area is 190 Å². The van der Waals surface area contributed by atoms with Crippen molar-refractivity contribution in [1.82, 2.24) is 0 Å². The van der Waals surface area contributed by atoms with Crippen molar-refractivity contribution < 1.29 is 31.8 Å². The van der Waals surface area contributed by atoms with Gasteiger partial charge in [-0.15, -0.1) is 0 Å². The average Bonchev–Trinajstić information content (AvgIpc) is 2.82. The van der Waals surface area contributed by atoms with Gasteiger partial charge in [-0.2, -0.15) is 0 Å². The lowest BCUT2D eigenvalue weighted by molar-refractivity contribution is -0.114. The number of halogens is 1. The van der Waals surface area contributed by atoms with Crippen LogP contribution in [-0.4, -0.2) is 41.2 Å². The summed E-state index contributed by atoms with van der Waals surface area (Å²) in [5.41, 5.74) is 0.376. The first-order chi connectivity index (χ1) is 15.9. The van der Waals surface area contributed by atoms with Gasteiger partial charge in [0.25, 0.3) is 10.0 Å². The van der Waals surface area contributed by atoms with Gasteiger partial charge in [0.2, 0.25) is 5.91 Å². The molecule has 1 heterocycles. The van der Waals surface area contributed by atoms with Gasteiger partial charge >= 0.3 is 0 Å². The summed E-state index contributed by atoms with van der Waals surface area (Å²) in [6.07, 6.45) is 0.